The Bertz CT molecular complexity index is 520. The van der Waals surface area contributed by atoms with E-state index in [4.69, 9.17) is 10.5 Å². The number of nitrogens with two attached hydrogens (primary N) is 1. The molecule has 0 spiro atoms. The summed E-state index contributed by atoms with van der Waals surface area (Å²) < 4.78 is 4.88. The van der Waals surface area contributed by atoms with Crippen molar-refractivity contribution >= 4 is 11.7 Å². The van der Waals surface area contributed by atoms with Crippen molar-refractivity contribution in [2.75, 3.05) is 12.8 Å². The zero-order valence-electron chi connectivity index (χ0n) is 10.2. The van der Waals surface area contributed by atoms with Gasteiger partial charge in [0.25, 0.3) is 0 Å². The van der Waals surface area contributed by atoms with Crippen LogP contribution in [-0.4, -0.2) is 13.1 Å². The van der Waals surface area contributed by atoms with E-state index in [1.54, 1.807) is 12.1 Å². The van der Waals surface area contributed by atoms with Crippen LogP contribution in [0.5, 0.6) is 0 Å². The second-order valence-electron chi connectivity index (χ2n) is 4.03. The highest BCUT2D eigenvalue weighted by molar-refractivity contribution is 5.82. The molecule has 1 atom stereocenters. The molecule has 0 saturated heterocycles. The molecule has 0 saturated carbocycles. The predicted octanol–water partition coefficient (Wildman–Crippen LogP) is 2.57. The highest BCUT2D eigenvalue weighted by atomic mass is 16.5. The summed E-state index contributed by atoms with van der Waals surface area (Å²) in [4.78, 5) is 11.9. The Kier molecular flexibility index (Phi) is 3.63. The van der Waals surface area contributed by atoms with Gasteiger partial charge in [-0.1, -0.05) is 42.5 Å². The van der Waals surface area contributed by atoms with Crippen molar-refractivity contribution in [3.05, 3.63) is 65.7 Å². The first kappa shape index (κ1) is 12.2. The second-order valence-corrected chi connectivity index (χ2v) is 4.03. The highest BCUT2D eigenvalue weighted by Crippen LogP contribution is 2.26. The third kappa shape index (κ3) is 2.51. The molecule has 2 rings (SSSR count). The molecule has 0 amide bonds. The number of rotatable bonds is 3. The third-order valence-corrected chi connectivity index (χ3v) is 2.84. The first-order chi connectivity index (χ1) is 8.72. The van der Waals surface area contributed by atoms with Gasteiger partial charge in [-0.05, 0) is 23.3 Å². The molecule has 0 heterocycles. The Morgan fingerprint density at radius 3 is 2.11 bits per heavy atom. The average molecular weight is 241 g/mol. The van der Waals surface area contributed by atoms with Crippen LogP contribution in [-0.2, 0) is 9.53 Å². The lowest BCUT2D eigenvalue weighted by Gasteiger charge is -2.15. The summed E-state index contributed by atoms with van der Waals surface area (Å²) in [5.41, 5.74) is 8.12. The van der Waals surface area contributed by atoms with Gasteiger partial charge in [0, 0.05) is 5.69 Å². The second kappa shape index (κ2) is 5.36. The molecular formula is C15H15NO2. The molecule has 0 aromatic heterocycles. The maximum Gasteiger partial charge on any atom is 0.317 e. The molecule has 18 heavy (non-hydrogen) atoms. The molecular weight excluding hydrogens is 226 g/mol. The van der Waals surface area contributed by atoms with E-state index in [9.17, 15) is 4.79 Å². The Morgan fingerprint density at radius 1 is 1.00 bits per heavy atom. The van der Waals surface area contributed by atoms with Gasteiger partial charge in [-0.15, -0.1) is 0 Å². The normalized spacial score (nSPS) is 11.8. The summed E-state index contributed by atoms with van der Waals surface area (Å²) in [5.74, 6) is -0.678. The van der Waals surface area contributed by atoms with Gasteiger partial charge >= 0.3 is 5.97 Å². The number of anilines is 1. The summed E-state index contributed by atoms with van der Waals surface area (Å²) in [7, 11) is 1.40. The van der Waals surface area contributed by atoms with Gasteiger partial charge in [0.05, 0.1) is 7.11 Å². The summed E-state index contributed by atoms with van der Waals surface area (Å²) in [5, 5.41) is 0. The largest absolute Gasteiger partial charge is 0.468 e. The number of nitrogen functional groups attached to an aromatic ring is 1. The lowest BCUT2D eigenvalue weighted by Crippen LogP contribution is -2.15. The standard InChI is InChI=1S/C15H15NO2/c1-18-15(17)14(11-5-3-2-4-6-11)12-7-9-13(16)10-8-12/h2-10,14H,16H2,1H3. The maximum absolute atomic E-state index is 11.9. The fraction of sp³-hybridized carbons (Fsp3) is 0.133. The van der Waals surface area contributed by atoms with E-state index in [0.29, 0.717) is 5.69 Å². The summed E-state index contributed by atoms with van der Waals surface area (Å²) in [6.45, 7) is 0. The maximum atomic E-state index is 11.9. The monoisotopic (exact) mass is 241 g/mol. The zero-order valence-corrected chi connectivity index (χ0v) is 10.2. The number of hydrogen-bond acceptors (Lipinski definition) is 3. The Morgan fingerprint density at radius 2 is 1.56 bits per heavy atom. The number of carbonyl (C=O) groups excluding carboxylic acids is 1. The fourth-order valence-corrected chi connectivity index (χ4v) is 1.92. The number of carbonyl (C=O) groups is 1. The quantitative estimate of drug-likeness (QED) is 0.663. The Hall–Kier alpha value is -2.29. The van der Waals surface area contributed by atoms with Crippen LogP contribution in [0, 0.1) is 0 Å². The zero-order chi connectivity index (χ0) is 13.0. The van der Waals surface area contributed by atoms with E-state index in [0.717, 1.165) is 11.1 Å². The van der Waals surface area contributed by atoms with Crippen LogP contribution in [0.3, 0.4) is 0 Å². The minimum atomic E-state index is -0.406. The van der Waals surface area contributed by atoms with Crippen LogP contribution < -0.4 is 5.73 Å². The van der Waals surface area contributed by atoms with Crippen LogP contribution in [0.4, 0.5) is 5.69 Å². The van der Waals surface area contributed by atoms with E-state index < -0.39 is 5.92 Å². The van der Waals surface area contributed by atoms with Crippen LogP contribution in [0.2, 0.25) is 0 Å². The third-order valence-electron chi connectivity index (χ3n) is 2.84. The van der Waals surface area contributed by atoms with Gasteiger partial charge in [-0.3, -0.25) is 4.79 Å². The molecule has 2 aromatic carbocycles. The molecule has 0 bridgehead atoms. The number of ether oxygens (including phenoxy) is 1. The van der Waals surface area contributed by atoms with E-state index >= 15 is 0 Å². The van der Waals surface area contributed by atoms with Gasteiger partial charge < -0.3 is 10.5 Å². The molecule has 2 N–H and O–H groups in total. The lowest BCUT2D eigenvalue weighted by molar-refractivity contribution is -0.141. The smallest absolute Gasteiger partial charge is 0.317 e. The van der Waals surface area contributed by atoms with Gasteiger partial charge in [-0.2, -0.15) is 0 Å². The van der Waals surface area contributed by atoms with Crippen molar-refractivity contribution in [2.45, 2.75) is 5.92 Å². The molecule has 0 aliphatic heterocycles. The summed E-state index contributed by atoms with van der Waals surface area (Å²) in [6.07, 6.45) is 0. The predicted molar refractivity (Wildman–Crippen MR) is 71.2 cm³/mol. The number of methoxy groups -OCH3 is 1. The molecule has 0 fully saturated rings. The van der Waals surface area contributed by atoms with E-state index in [1.807, 2.05) is 42.5 Å². The van der Waals surface area contributed by atoms with Gasteiger partial charge in [0.15, 0.2) is 0 Å². The first-order valence-electron chi connectivity index (χ1n) is 5.70. The van der Waals surface area contributed by atoms with E-state index in [1.165, 1.54) is 7.11 Å². The average Bonchev–Trinajstić information content (AvgIpc) is 2.42. The minimum Gasteiger partial charge on any atom is -0.468 e. The van der Waals surface area contributed by atoms with Gasteiger partial charge in [0.1, 0.15) is 5.92 Å². The van der Waals surface area contributed by atoms with Crippen LogP contribution >= 0.6 is 0 Å². The molecule has 3 heteroatoms. The van der Waals surface area contributed by atoms with Crippen molar-refractivity contribution in [1.29, 1.82) is 0 Å². The van der Waals surface area contributed by atoms with Crippen LogP contribution in [0.1, 0.15) is 17.0 Å². The lowest BCUT2D eigenvalue weighted by atomic mass is 9.91. The van der Waals surface area contributed by atoms with E-state index in [2.05, 4.69) is 0 Å². The Balaban J connectivity index is 2.43. The first-order valence-corrected chi connectivity index (χ1v) is 5.70. The van der Waals surface area contributed by atoms with Crippen LogP contribution in [0.25, 0.3) is 0 Å². The van der Waals surface area contributed by atoms with Crippen molar-refractivity contribution in [3.63, 3.8) is 0 Å². The summed E-state index contributed by atoms with van der Waals surface area (Å²) in [6, 6.07) is 16.8. The van der Waals surface area contributed by atoms with Crippen molar-refractivity contribution in [2.24, 2.45) is 0 Å². The highest BCUT2D eigenvalue weighted by Gasteiger charge is 2.23. The van der Waals surface area contributed by atoms with Gasteiger partial charge in [-0.25, -0.2) is 0 Å². The fourth-order valence-electron chi connectivity index (χ4n) is 1.92. The van der Waals surface area contributed by atoms with Gasteiger partial charge in [0.2, 0.25) is 0 Å². The molecule has 92 valence electrons. The molecule has 3 nitrogen and oxygen atoms in total. The molecule has 2 aromatic rings. The van der Waals surface area contributed by atoms with Crippen molar-refractivity contribution < 1.29 is 9.53 Å². The Labute approximate surface area is 106 Å². The van der Waals surface area contributed by atoms with E-state index in [-0.39, 0.29) is 5.97 Å². The molecule has 0 aliphatic rings. The number of esters is 1. The topological polar surface area (TPSA) is 52.3 Å². The van der Waals surface area contributed by atoms with Crippen molar-refractivity contribution in [3.8, 4) is 0 Å². The SMILES string of the molecule is COC(=O)C(c1ccccc1)c1ccc(N)cc1. The molecule has 0 aliphatic carbocycles. The molecule has 1 unspecified atom stereocenters. The van der Waals surface area contributed by atoms with Crippen molar-refractivity contribution in [1.82, 2.24) is 0 Å². The number of benzene rings is 2. The summed E-state index contributed by atoms with van der Waals surface area (Å²) >= 11 is 0. The molecule has 0 radical (unpaired) electrons. The number of hydrogen-bond donors (Lipinski definition) is 1. The minimum absolute atomic E-state index is 0.272. The van der Waals surface area contributed by atoms with Crippen LogP contribution in [0.15, 0.2) is 54.6 Å².